The van der Waals surface area contributed by atoms with E-state index in [1.54, 1.807) is 13.4 Å². The number of thioether (sulfide) groups is 1. The number of fused-ring (bicyclic) bond motifs is 2. The molecule has 2 atom stereocenters. The maximum Gasteiger partial charge on any atom is 0.163 e. The summed E-state index contributed by atoms with van der Waals surface area (Å²) in [5.74, 6) is 4.19. The van der Waals surface area contributed by atoms with E-state index in [0.717, 1.165) is 52.0 Å². The fraction of sp³-hybridized carbons (Fsp3) is 0.391. The molecule has 3 heterocycles. The number of halogens is 1. The molecule has 2 aliphatic heterocycles. The molecule has 0 aliphatic carbocycles. The van der Waals surface area contributed by atoms with Gasteiger partial charge in [0, 0.05) is 46.4 Å². The van der Waals surface area contributed by atoms with Gasteiger partial charge in [0.15, 0.2) is 11.5 Å². The summed E-state index contributed by atoms with van der Waals surface area (Å²) >= 11 is 8.12. The highest BCUT2D eigenvalue weighted by Gasteiger charge is 2.33. The van der Waals surface area contributed by atoms with E-state index in [1.807, 2.05) is 49.0 Å². The van der Waals surface area contributed by atoms with Crippen LogP contribution >= 0.6 is 23.4 Å². The fourth-order valence-electron chi connectivity index (χ4n) is 4.01. The first-order valence-electron chi connectivity index (χ1n) is 10.5. The Balaban J connectivity index is 1.36. The zero-order valence-electron chi connectivity index (χ0n) is 18.0. The highest BCUT2D eigenvalue weighted by Crippen LogP contribution is 2.35. The molecule has 32 heavy (non-hydrogen) atoms. The first-order valence-corrected chi connectivity index (χ1v) is 12.1. The Morgan fingerprint density at radius 1 is 1.25 bits per heavy atom. The topological polar surface area (TPSA) is 68.7 Å². The minimum atomic E-state index is 0.0427. The lowest BCUT2D eigenvalue weighted by Gasteiger charge is -2.34. The SMILES string of the molecule is COc1cc2c(Nc3ccc(Cl)c(C)c3)ncnc2cc1OCC1CN2CSC[C@H]2CO1. The van der Waals surface area contributed by atoms with Gasteiger partial charge < -0.3 is 19.5 Å². The Morgan fingerprint density at radius 2 is 2.16 bits per heavy atom. The van der Waals surface area contributed by atoms with Crippen LogP contribution in [0.25, 0.3) is 10.9 Å². The van der Waals surface area contributed by atoms with Crippen LogP contribution in [-0.2, 0) is 4.74 Å². The molecule has 0 saturated carbocycles. The molecular weight excluding hydrogens is 448 g/mol. The number of hydrogen-bond acceptors (Lipinski definition) is 8. The summed E-state index contributed by atoms with van der Waals surface area (Å²) in [5, 5.41) is 4.93. The maximum atomic E-state index is 6.15. The van der Waals surface area contributed by atoms with Gasteiger partial charge in [-0.05, 0) is 36.8 Å². The molecule has 1 aromatic heterocycles. The molecule has 7 nitrogen and oxygen atoms in total. The molecule has 2 fully saturated rings. The van der Waals surface area contributed by atoms with E-state index in [9.17, 15) is 0 Å². The summed E-state index contributed by atoms with van der Waals surface area (Å²) in [5.41, 5.74) is 2.66. The standard InChI is InChI=1S/C23H25ClN4O3S/c1-14-5-15(3-4-19(14)24)27-23-18-6-21(29-2)22(7-20(18)25-12-26-23)31-10-17-8-28-13-32-11-16(28)9-30-17/h3-7,12,16-17H,8-11,13H2,1-2H3,(H,25,26,27)/t16-,17?/m1/s1. The Labute approximate surface area is 196 Å². The lowest BCUT2D eigenvalue weighted by molar-refractivity contribution is -0.0629. The average molecular weight is 473 g/mol. The number of nitrogens with one attached hydrogen (secondary N) is 1. The number of nitrogens with zero attached hydrogens (tertiary/aromatic N) is 3. The third kappa shape index (κ3) is 4.45. The highest BCUT2D eigenvalue weighted by molar-refractivity contribution is 7.99. The van der Waals surface area contributed by atoms with Crippen LogP contribution in [0.2, 0.25) is 5.02 Å². The van der Waals surface area contributed by atoms with Gasteiger partial charge >= 0.3 is 0 Å². The van der Waals surface area contributed by atoms with Crippen molar-refractivity contribution in [3.8, 4) is 11.5 Å². The summed E-state index contributed by atoms with van der Waals surface area (Å²) in [6.45, 7) is 4.10. The van der Waals surface area contributed by atoms with Gasteiger partial charge in [-0.2, -0.15) is 0 Å². The van der Waals surface area contributed by atoms with Crippen molar-refractivity contribution in [2.75, 3.05) is 43.8 Å². The van der Waals surface area contributed by atoms with Crippen LogP contribution < -0.4 is 14.8 Å². The number of rotatable bonds is 6. The molecule has 0 radical (unpaired) electrons. The van der Waals surface area contributed by atoms with E-state index in [4.69, 9.17) is 25.8 Å². The van der Waals surface area contributed by atoms with Crippen molar-refractivity contribution in [2.45, 2.75) is 19.1 Å². The predicted molar refractivity (Wildman–Crippen MR) is 129 cm³/mol. The van der Waals surface area contributed by atoms with Gasteiger partial charge in [0.25, 0.3) is 0 Å². The summed E-state index contributed by atoms with van der Waals surface area (Å²) in [4.78, 5) is 11.3. The summed E-state index contributed by atoms with van der Waals surface area (Å²) in [7, 11) is 1.64. The minimum absolute atomic E-state index is 0.0427. The number of benzene rings is 2. The molecule has 2 aromatic carbocycles. The second kappa shape index (κ2) is 9.31. The first-order chi connectivity index (χ1) is 15.6. The van der Waals surface area contributed by atoms with Crippen LogP contribution in [0.1, 0.15) is 5.56 Å². The van der Waals surface area contributed by atoms with Crippen molar-refractivity contribution in [2.24, 2.45) is 0 Å². The Bertz CT molecular complexity index is 1130. The Hall–Kier alpha value is -2.26. The molecule has 0 amide bonds. The van der Waals surface area contributed by atoms with Crippen molar-refractivity contribution in [3.63, 3.8) is 0 Å². The molecule has 2 saturated heterocycles. The molecule has 1 N–H and O–H groups in total. The molecular formula is C23H25ClN4O3S. The molecule has 0 bridgehead atoms. The van der Waals surface area contributed by atoms with E-state index in [1.165, 1.54) is 0 Å². The molecule has 9 heteroatoms. The molecule has 3 aromatic rings. The molecule has 1 unspecified atom stereocenters. The van der Waals surface area contributed by atoms with E-state index < -0.39 is 0 Å². The zero-order chi connectivity index (χ0) is 22.1. The number of anilines is 2. The number of hydrogen-bond donors (Lipinski definition) is 1. The second-order valence-corrected chi connectivity index (χ2v) is 9.43. The van der Waals surface area contributed by atoms with Crippen molar-refractivity contribution >= 4 is 45.8 Å². The predicted octanol–water partition coefficient (Wildman–Crippen LogP) is 4.50. The molecule has 5 rings (SSSR count). The summed E-state index contributed by atoms with van der Waals surface area (Å²) in [6.07, 6.45) is 1.58. The van der Waals surface area contributed by atoms with Gasteiger partial charge in [-0.15, -0.1) is 11.8 Å². The number of aryl methyl sites for hydroxylation is 1. The van der Waals surface area contributed by atoms with Gasteiger partial charge in [-0.1, -0.05) is 11.6 Å². The molecule has 168 valence electrons. The van der Waals surface area contributed by atoms with E-state index >= 15 is 0 Å². The third-order valence-electron chi connectivity index (χ3n) is 5.81. The first kappa shape index (κ1) is 21.6. The second-order valence-electron chi connectivity index (χ2n) is 8.02. The van der Waals surface area contributed by atoms with E-state index in [0.29, 0.717) is 30.0 Å². The number of methoxy groups -OCH3 is 1. The molecule has 0 spiro atoms. The van der Waals surface area contributed by atoms with Crippen LogP contribution in [0.5, 0.6) is 11.5 Å². The number of aromatic nitrogens is 2. The quantitative estimate of drug-likeness (QED) is 0.562. The lowest BCUT2D eigenvalue weighted by Crippen LogP contribution is -2.48. The highest BCUT2D eigenvalue weighted by atomic mass is 35.5. The van der Waals surface area contributed by atoms with E-state index in [2.05, 4.69) is 20.2 Å². The van der Waals surface area contributed by atoms with Crippen LogP contribution in [0.4, 0.5) is 11.5 Å². The van der Waals surface area contributed by atoms with Gasteiger partial charge in [0.1, 0.15) is 24.9 Å². The van der Waals surface area contributed by atoms with Gasteiger partial charge in [-0.25, -0.2) is 9.97 Å². The van der Waals surface area contributed by atoms with Crippen molar-refractivity contribution in [1.29, 1.82) is 0 Å². The van der Waals surface area contributed by atoms with Crippen LogP contribution in [-0.4, -0.2) is 65.5 Å². The van der Waals surface area contributed by atoms with Crippen LogP contribution in [0.15, 0.2) is 36.7 Å². The monoisotopic (exact) mass is 472 g/mol. The normalized spacial score (nSPS) is 20.8. The Kier molecular flexibility index (Phi) is 6.28. The van der Waals surface area contributed by atoms with Gasteiger partial charge in [0.05, 0.1) is 19.2 Å². The zero-order valence-corrected chi connectivity index (χ0v) is 19.6. The number of morpholine rings is 1. The van der Waals surface area contributed by atoms with Gasteiger partial charge in [-0.3, -0.25) is 4.90 Å². The van der Waals surface area contributed by atoms with Crippen molar-refractivity contribution in [3.05, 3.63) is 47.2 Å². The van der Waals surface area contributed by atoms with Crippen LogP contribution in [0, 0.1) is 6.92 Å². The lowest BCUT2D eigenvalue weighted by atomic mass is 10.2. The fourth-order valence-corrected chi connectivity index (χ4v) is 5.37. The van der Waals surface area contributed by atoms with Crippen molar-refractivity contribution < 1.29 is 14.2 Å². The average Bonchev–Trinajstić information content (AvgIpc) is 3.27. The van der Waals surface area contributed by atoms with Crippen LogP contribution in [0.3, 0.4) is 0 Å². The maximum absolute atomic E-state index is 6.15. The smallest absolute Gasteiger partial charge is 0.163 e. The van der Waals surface area contributed by atoms with Gasteiger partial charge in [0.2, 0.25) is 0 Å². The molecule has 2 aliphatic rings. The largest absolute Gasteiger partial charge is 0.493 e. The Morgan fingerprint density at radius 3 is 3.00 bits per heavy atom. The summed E-state index contributed by atoms with van der Waals surface area (Å²) in [6, 6.07) is 10.1. The van der Waals surface area contributed by atoms with Crippen molar-refractivity contribution in [1.82, 2.24) is 14.9 Å². The summed E-state index contributed by atoms with van der Waals surface area (Å²) < 4.78 is 17.8. The van der Waals surface area contributed by atoms with E-state index in [-0.39, 0.29) is 6.10 Å². The minimum Gasteiger partial charge on any atom is -0.493 e. The number of ether oxygens (including phenoxy) is 3. The third-order valence-corrected chi connectivity index (χ3v) is 7.37.